The van der Waals surface area contributed by atoms with Crippen LogP contribution in [0.4, 0.5) is 0 Å². The highest BCUT2D eigenvalue weighted by molar-refractivity contribution is 7.79. The molecule has 9 heteroatoms. The van der Waals surface area contributed by atoms with E-state index in [0.29, 0.717) is 0 Å². The topological polar surface area (TPSA) is 125 Å². The maximum Gasteiger partial charge on any atom is 0.394 e. The van der Waals surface area contributed by atoms with Crippen LogP contribution in [0.1, 0.15) is 22.6 Å². The molecule has 1 aliphatic heterocycles. The van der Waals surface area contributed by atoms with Crippen LogP contribution in [0.2, 0.25) is 0 Å². The number of methoxy groups -OCH3 is 2. The first-order chi connectivity index (χ1) is 14.1. The molecular formula is C21H29NO7S. The van der Waals surface area contributed by atoms with Crippen molar-refractivity contribution in [3.63, 3.8) is 0 Å². The van der Waals surface area contributed by atoms with Crippen molar-refractivity contribution in [3.8, 4) is 11.5 Å². The molecule has 1 aliphatic rings. The van der Waals surface area contributed by atoms with Gasteiger partial charge in [-0.15, -0.1) is 0 Å². The van der Waals surface area contributed by atoms with Crippen molar-refractivity contribution in [2.45, 2.75) is 19.3 Å². The van der Waals surface area contributed by atoms with Gasteiger partial charge >= 0.3 is 10.4 Å². The van der Waals surface area contributed by atoms with Crippen LogP contribution in [0, 0.1) is 12.3 Å². The fraction of sp³-hybridized carbons (Fsp3) is 0.429. The van der Waals surface area contributed by atoms with Gasteiger partial charge in [-0.2, -0.15) is 8.42 Å². The van der Waals surface area contributed by atoms with E-state index in [4.69, 9.17) is 27.0 Å². The van der Waals surface area contributed by atoms with Crippen molar-refractivity contribution in [1.29, 1.82) is 0 Å². The Morgan fingerprint density at radius 2 is 1.67 bits per heavy atom. The van der Waals surface area contributed by atoms with Gasteiger partial charge in [-0.3, -0.25) is 9.11 Å². The average molecular weight is 440 g/mol. The van der Waals surface area contributed by atoms with Crippen LogP contribution < -0.4 is 14.8 Å². The van der Waals surface area contributed by atoms with Gasteiger partial charge in [-0.25, -0.2) is 0 Å². The van der Waals surface area contributed by atoms with E-state index in [1.165, 1.54) is 11.1 Å². The van der Waals surface area contributed by atoms with Crippen LogP contribution in [-0.4, -0.2) is 56.5 Å². The third kappa shape index (κ3) is 6.41. The first kappa shape index (κ1) is 24.1. The van der Waals surface area contributed by atoms with Crippen molar-refractivity contribution in [3.05, 3.63) is 59.2 Å². The number of nitrogens with one attached hydrogen (secondary N) is 1. The Bertz CT molecular complexity index is 923. The molecule has 2 aromatic carbocycles. The van der Waals surface area contributed by atoms with Crippen molar-refractivity contribution in [2.24, 2.45) is 5.41 Å². The largest absolute Gasteiger partial charge is 0.493 e. The molecule has 30 heavy (non-hydrogen) atoms. The Morgan fingerprint density at radius 3 is 2.20 bits per heavy atom. The van der Waals surface area contributed by atoms with E-state index in [2.05, 4.69) is 42.6 Å². The standard InChI is InChI=1S/C21H27NO3.H2O4S/c1-15-4-7-17(8-5-15)18-12-22-13-21(18,14-23)11-16-6-9-19(24-2)20(10-16)25-3;1-5(2,3)4/h4-10,18,22-23H,11-14H2,1-3H3;(H2,1,2,3,4). The zero-order valence-electron chi connectivity index (χ0n) is 17.3. The average Bonchev–Trinajstić information content (AvgIpc) is 3.11. The van der Waals surface area contributed by atoms with E-state index in [1.54, 1.807) is 14.2 Å². The third-order valence-corrected chi connectivity index (χ3v) is 5.36. The van der Waals surface area contributed by atoms with Crippen LogP contribution in [-0.2, 0) is 16.8 Å². The minimum absolute atomic E-state index is 0.146. The number of benzene rings is 2. The lowest BCUT2D eigenvalue weighted by molar-refractivity contribution is 0.126. The van der Waals surface area contributed by atoms with Gasteiger partial charge in [0.25, 0.3) is 0 Å². The molecule has 1 fully saturated rings. The van der Waals surface area contributed by atoms with Gasteiger partial charge in [-0.05, 0) is 36.6 Å². The molecule has 0 amide bonds. The second-order valence-electron chi connectivity index (χ2n) is 7.43. The molecule has 0 saturated carbocycles. The summed E-state index contributed by atoms with van der Waals surface area (Å²) in [6, 6.07) is 14.7. The molecule has 0 radical (unpaired) electrons. The van der Waals surface area contributed by atoms with Gasteiger partial charge in [0.05, 0.1) is 20.8 Å². The van der Waals surface area contributed by atoms with Gasteiger partial charge in [0.1, 0.15) is 0 Å². The summed E-state index contributed by atoms with van der Waals surface area (Å²) in [5.74, 6) is 1.74. The first-order valence-electron chi connectivity index (χ1n) is 9.41. The predicted octanol–water partition coefficient (Wildman–Crippen LogP) is 2.27. The lowest BCUT2D eigenvalue weighted by Gasteiger charge is -2.33. The Morgan fingerprint density at radius 1 is 1.07 bits per heavy atom. The summed E-state index contributed by atoms with van der Waals surface area (Å²) >= 11 is 0. The number of hydrogen-bond acceptors (Lipinski definition) is 6. The SMILES string of the molecule is COc1ccc(CC2(CO)CNCC2c2ccc(C)cc2)cc1OC.O=S(=O)(O)O. The Labute approximate surface area is 177 Å². The maximum atomic E-state index is 10.3. The van der Waals surface area contributed by atoms with Crippen molar-refractivity contribution in [2.75, 3.05) is 33.9 Å². The second-order valence-corrected chi connectivity index (χ2v) is 8.32. The number of rotatable bonds is 6. The lowest BCUT2D eigenvalue weighted by atomic mass is 9.71. The summed E-state index contributed by atoms with van der Waals surface area (Å²) in [5.41, 5.74) is 3.47. The van der Waals surface area contributed by atoms with Gasteiger partial charge in [0.2, 0.25) is 0 Å². The predicted molar refractivity (Wildman–Crippen MR) is 114 cm³/mol. The summed E-state index contributed by atoms with van der Waals surface area (Å²) in [7, 11) is -1.38. The maximum absolute atomic E-state index is 10.3. The molecule has 4 N–H and O–H groups in total. The fourth-order valence-electron chi connectivity index (χ4n) is 3.88. The van der Waals surface area contributed by atoms with Gasteiger partial charge in [0, 0.05) is 24.4 Å². The number of ether oxygens (including phenoxy) is 2. The number of aryl methyl sites for hydroxylation is 1. The van der Waals surface area contributed by atoms with Gasteiger partial charge in [0.15, 0.2) is 11.5 Å². The molecule has 3 rings (SSSR count). The number of aliphatic hydroxyl groups excluding tert-OH is 1. The molecule has 0 spiro atoms. The highest BCUT2D eigenvalue weighted by atomic mass is 32.3. The summed E-state index contributed by atoms with van der Waals surface area (Å²) in [6.45, 7) is 3.93. The number of aliphatic hydroxyl groups is 1. The molecule has 0 aromatic heterocycles. The highest BCUT2D eigenvalue weighted by Crippen LogP contribution is 2.42. The summed E-state index contributed by atoms with van der Waals surface area (Å²) in [5, 5.41) is 13.8. The van der Waals surface area contributed by atoms with Crippen LogP contribution in [0.3, 0.4) is 0 Å². The molecule has 2 aromatic rings. The summed E-state index contributed by atoms with van der Waals surface area (Å²) in [4.78, 5) is 0. The van der Waals surface area contributed by atoms with Crippen LogP contribution >= 0.6 is 0 Å². The van der Waals surface area contributed by atoms with E-state index >= 15 is 0 Å². The van der Waals surface area contributed by atoms with E-state index < -0.39 is 10.4 Å². The normalized spacial score (nSPS) is 20.9. The summed E-state index contributed by atoms with van der Waals surface area (Å²) < 4.78 is 42.3. The van der Waals surface area contributed by atoms with Gasteiger partial charge in [-0.1, -0.05) is 35.9 Å². The van der Waals surface area contributed by atoms with Crippen LogP contribution in [0.25, 0.3) is 0 Å². The molecule has 2 unspecified atom stereocenters. The van der Waals surface area contributed by atoms with E-state index in [0.717, 1.165) is 36.6 Å². The molecular weight excluding hydrogens is 410 g/mol. The van der Waals surface area contributed by atoms with Crippen LogP contribution in [0.5, 0.6) is 11.5 Å². The van der Waals surface area contributed by atoms with Crippen molar-refractivity contribution >= 4 is 10.4 Å². The van der Waals surface area contributed by atoms with E-state index in [1.807, 2.05) is 12.1 Å². The van der Waals surface area contributed by atoms with Crippen molar-refractivity contribution in [1.82, 2.24) is 5.32 Å². The molecule has 166 valence electrons. The molecule has 0 bridgehead atoms. The Hall–Kier alpha value is -2.17. The fourth-order valence-corrected chi connectivity index (χ4v) is 3.88. The zero-order valence-corrected chi connectivity index (χ0v) is 18.1. The minimum Gasteiger partial charge on any atom is -0.493 e. The van der Waals surface area contributed by atoms with Gasteiger partial charge < -0.3 is 19.9 Å². The quantitative estimate of drug-likeness (QED) is 0.505. The molecule has 1 saturated heterocycles. The molecule has 1 heterocycles. The van der Waals surface area contributed by atoms with E-state index in [-0.39, 0.29) is 17.9 Å². The first-order valence-corrected chi connectivity index (χ1v) is 10.8. The van der Waals surface area contributed by atoms with Crippen molar-refractivity contribution < 1.29 is 32.1 Å². The summed E-state index contributed by atoms with van der Waals surface area (Å²) in [6.07, 6.45) is 0.787. The third-order valence-electron chi connectivity index (χ3n) is 5.36. The highest BCUT2D eigenvalue weighted by Gasteiger charge is 2.43. The Balaban J connectivity index is 0.000000575. The second kappa shape index (κ2) is 10.2. The monoisotopic (exact) mass is 439 g/mol. The smallest absolute Gasteiger partial charge is 0.394 e. The Kier molecular flexibility index (Phi) is 8.22. The van der Waals surface area contributed by atoms with E-state index in [9.17, 15) is 5.11 Å². The minimum atomic E-state index is -4.67. The number of hydrogen-bond donors (Lipinski definition) is 4. The molecule has 2 atom stereocenters. The zero-order chi connectivity index (χ0) is 22.4. The lowest BCUT2D eigenvalue weighted by Crippen LogP contribution is -2.35. The van der Waals surface area contributed by atoms with Crippen LogP contribution in [0.15, 0.2) is 42.5 Å². The molecule has 8 nitrogen and oxygen atoms in total. The molecule has 0 aliphatic carbocycles.